The van der Waals surface area contributed by atoms with Gasteiger partial charge in [0, 0.05) is 0 Å². The van der Waals surface area contributed by atoms with Crippen molar-refractivity contribution in [1.82, 2.24) is 0 Å². The van der Waals surface area contributed by atoms with Crippen molar-refractivity contribution in [3.05, 3.63) is 28.8 Å². The zero-order valence-electron chi connectivity index (χ0n) is 8.89. The molecule has 0 saturated heterocycles. The van der Waals surface area contributed by atoms with Crippen molar-refractivity contribution in [1.29, 1.82) is 0 Å². The number of aryl methyl sites for hydroxylation is 1. The maximum absolute atomic E-state index is 9.57. The molecule has 0 unspecified atom stereocenters. The van der Waals surface area contributed by atoms with Crippen molar-refractivity contribution in [2.75, 3.05) is 0 Å². The SMILES string of the molecule is CCc1ccc(O)c(C)c1C(C)C. The number of hydrogen-bond acceptors (Lipinski definition) is 1. The summed E-state index contributed by atoms with van der Waals surface area (Å²) >= 11 is 0. The van der Waals surface area contributed by atoms with E-state index in [9.17, 15) is 5.11 Å². The number of hydrogen-bond donors (Lipinski definition) is 1. The highest BCUT2D eigenvalue weighted by molar-refractivity contribution is 5.45. The van der Waals surface area contributed by atoms with Crippen LogP contribution in [0.3, 0.4) is 0 Å². The molecule has 0 aliphatic rings. The summed E-state index contributed by atoms with van der Waals surface area (Å²) in [6.07, 6.45) is 1.04. The quantitative estimate of drug-likeness (QED) is 0.736. The lowest BCUT2D eigenvalue weighted by molar-refractivity contribution is 0.469. The van der Waals surface area contributed by atoms with Crippen molar-refractivity contribution >= 4 is 0 Å². The van der Waals surface area contributed by atoms with Crippen LogP contribution in [0.1, 0.15) is 43.4 Å². The Labute approximate surface area is 80.4 Å². The molecule has 72 valence electrons. The molecule has 0 radical (unpaired) electrons. The van der Waals surface area contributed by atoms with Gasteiger partial charge in [0.05, 0.1) is 0 Å². The number of benzene rings is 1. The van der Waals surface area contributed by atoms with Crippen molar-refractivity contribution in [3.8, 4) is 5.75 Å². The Morgan fingerprint density at radius 3 is 2.38 bits per heavy atom. The van der Waals surface area contributed by atoms with Crippen molar-refractivity contribution in [3.63, 3.8) is 0 Å². The molecule has 0 heterocycles. The lowest BCUT2D eigenvalue weighted by Crippen LogP contribution is -1.98. The summed E-state index contributed by atoms with van der Waals surface area (Å²) in [5.41, 5.74) is 3.70. The van der Waals surface area contributed by atoms with Crippen LogP contribution >= 0.6 is 0 Å². The highest BCUT2D eigenvalue weighted by Gasteiger charge is 2.10. The minimum atomic E-state index is 0.418. The average molecular weight is 178 g/mol. The first-order valence-corrected chi connectivity index (χ1v) is 4.89. The molecule has 1 rings (SSSR count). The van der Waals surface area contributed by atoms with Crippen molar-refractivity contribution in [2.24, 2.45) is 0 Å². The summed E-state index contributed by atoms with van der Waals surface area (Å²) in [5, 5.41) is 9.57. The number of rotatable bonds is 2. The molecule has 0 saturated carbocycles. The van der Waals surface area contributed by atoms with Gasteiger partial charge in [-0.25, -0.2) is 0 Å². The van der Waals surface area contributed by atoms with Crippen LogP contribution in [0.2, 0.25) is 0 Å². The van der Waals surface area contributed by atoms with E-state index in [1.54, 1.807) is 6.07 Å². The van der Waals surface area contributed by atoms with Gasteiger partial charge in [-0.15, -0.1) is 0 Å². The van der Waals surface area contributed by atoms with Crippen LogP contribution in [0.4, 0.5) is 0 Å². The highest BCUT2D eigenvalue weighted by atomic mass is 16.3. The van der Waals surface area contributed by atoms with Gasteiger partial charge in [-0.1, -0.05) is 26.8 Å². The Morgan fingerprint density at radius 1 is 1.31 bits per heavy atom. The molecule has 0 bridgehead atoms. The number of aromatic hydroxyl groups is 1. The third-order valence-corrected chi connectivity index (χ3v) is 2.53. The van der Waals surface area contributed by atoms with Crippen LogP contribution in [0.25, 0.3) is 0 Å². The molecule has 1 N–H and O–H groups in total. The Morgan fingerprint density at radius 2 is 1.92 bits per heavy atom. The van der Waals surface area contributed by atoms with E-state index in [0.717, 1.165) is 12.0 Å². The minimum Gasteiger partial charge on any atom is -0.508 e. The first-order chi connectivity index (χ1) is 6.07. The van der Waals surface area contributed by atoms with E-state index in [2.05, 4.69) is 20.8 Å². The lowest BCUT2D eigenvalue weighted by Gasteiger charge is -2.15. The Balaban J connectivity index is 3.32. The second kappa shape index (κ2) is 3.82. The van der Waals surface area contributed by atoms with Gasteiger partial charge in [-0.2, -0.15) is 0 Å². The van der Waals surface area contributed by atoms with Gasteiger partial charge in [0.1, 0.15) is 5.75 Å². The van der Waals surface area contributed by atoms with E-state index in [4.69, 9.17) is 0 Å². The average Bonchev–Trinajstić information content (AvgIpc) is 2.08. The molecule has 0 aliphatic carbocycles. The predicted octanol–water partition coefficient (Wildman–Crippen LogP) is 3.39. The first kappa shape index (κ1) is 10.1. The molecule has 1 aromatic rings. The van der Waals surface area contributed by atoms with Gasteiger partial charge >= 0.3 is 0 Å². The molecule has 0 amide bonds. The third kappa shape index (κ3) is 1.85. The molecule has 0 aliphatic heterocycles. The van der Waals surface area contributed by atoms with Gasteiger partial charge in [0.15, 0.2) is 0 Å². The minimum absolute atomic E-state index is 0.418. The van der Waals surface area contributed by atoms with E-state index >= 15 is 0 Å². The maximum Gasteiger partial charge on any atom is 0.118 e. The summed E-state index contributed by atoms with van der Waals surface area (Å²) in [5.74, 6) is 0.906. The highest BCUT2D eigenvalue weighted by Crippen LogP contribution is 2.29. The molecule has 0 spiro atoms. The monoisotopic (exact) mass is 178 g/mol. The smallest absolute Gasteiger partial charge is 0.118 e. The molecular weight excluding hydrogens is 160 g/mol. The summed E-state index contributed by atoms with van der Waals surface area (Å²) < 4.78 is 0. The lowest BCUT2D eigenvalue weighted by atomic mass is 9.91. The van der Waals surface area contributed by atoms with Crippen LogP contribution in [0.15, 0.2) is 12.1 Å². The molecule has 0 aromatic heterocycles. The molecule has 0 atom stereocenters. The molecule has 13 heavy (non-hydrogen) atoms. The predicted molar refractivity (Wildman–Crippen MR) is 56.3 cm³/mol. The number of phenols is 1. The molecular formula is C12H18O. The fourth-order valence-corrected chi connectivity index (χ4v) is 1.89. The largest absolute Gasteiger partial charge is 0.508 e. The van der Waals surface area contributed by atoms with Crippen LogP contribution in [0, 0.1) is 6.92 Å². The van der Waals surface area contributed by atoms with Crippen LogP contribution in [-0.2, 0) is 6.42 Å². The Kier molecular flexibility index (Phi) is 2.97. The van der Waals surface area contributed by atoms with E-state index in [1.807, 2.05) is 13.0 Å². The Bertz CT molecular complexity index is 300. The fourth-order valence-electron chi connectivity index (χ4n) is 1.89. The third-order valence-electron chi connectivity index (χ3n) is 2.53. The summed E-state index contributed by atoms with van der Waals surface area (Å²) in [6, 6.07) is 3.82. The zero-order valence-corrected chi connectivity index (χ0v) is 8.89. The van der Waals surface area contributed by atoms with Crippen molar-refractivity contribution < 1.29 is 5.11 Å². The van der Waals surface area contributed by atoms with Crippen LogP contribution in [-0.4, -0.2) is 5.11 Å². The summed E-state index contributed by atoms with van der Waals surface area (Å²) in [7, 11) is 0. The van der Waals surface area contributed by atoms with Gasteiger partial charge in [0.25, 0.3) is 0 Å². The van der Waals surface area contributed by atoms with Crippen LogP contribution in [0.5, 0.6) is 5.75 Å². The molecule has 1 aromatic carbocycles. The van der Waals surface area contributed by atoms with Crippen LogP contribution < -0.4 is 0 Å². The second-order valence-electron chi connectivity index (χ2n) is 3.79. The normalized spacial score (nSPS) is 10.8. The summed E-state index contributed by atoms with van der Waals surface area (Å²) in [4.78, 5) is 0. The standard InChI is InChI=1S/C12H18O/c1-5-10-6-7-11(13)9(4)12(10)8(2)3/h6-8,13H,5H2,1-4H3. The van der Waals surface area contributed by atoms with Gasteiger partial charge in [-0.3, -0.25) is 0 Å². The van der Waals surface area contributed by atoms with E-state index in [0.29, 0.717) is 11.7 Å². The summed E-state index contributed by atoms with van der Waals surface area (Å²) in [6.45, 7) is 8.48. The molecule has 0 fully saturated rings. The molecule has 1 heteroatoms. The van der Waals surface area contributed by atoms with E-state index in [1.165, 1.54) is 11.1 Å². The topological polar surface area (TPSA) is 20.2 Å². The van der Waals surface area contributed by atoms with Gasteiger partial charge < -0.3 is 5.11 Å². The zero-order chi connectivity index (χ0) is 10.0. The Hall–Kier alpha value is -0.980. The molecule has 1 nitrogen and oxygen atoms in total. The maximum atomic E-state index is 9.57. The van der Waals surface area contributed by atoms with Gasteiger partial charge in [0.2, 0.25) is 0 Å². The first-order valence-electron chi connectivity index (χ1n) is 4.89. The second-order valence-corrected chi connectivity index (χ2v) is 3.79. The fraction of sp³-hybridized carbons (Fsp3) is 0.500. The van der Waals surface area contributed by atoms with Crippen molar-refractivity contribution in [2.45, 2.75) is 40.0 Å². The van der Waals surface area contributed by atoms with E-state index in [-0.39, 0.29) is 0 Å². The number of phenolic OH excluding ortho intramolecular Hbond substituents is 1. The van der Waals surface area contributed by atoms with Gasteiger partial charge in [-0.05, 0) is 42.0 Å². The van der Waals surface area contributed by atoms with E-state index < -0.39 is 0 Å².